The van der Waals surface area contributed by atoms with Crippen molar-refractivity contribution in [1.29, 1.82) is 0 Å². The van der Waals surface area contributed by atoms with Crippen LogP contribution in [0.2, 0.25) is 0 Å². The first kappa shape index (κ1) is 12.6. The van der Waals surface area contributed by atoms with Gasteiger partial charge in [-0.05, 0) is 18.6 Å². The fraction of sp³-hybridized carbons (Fsp3) is 0.231. The Morgan fingerprint density at radius 1 is 1.30 bits per heavy atom. The number of benzene rings is 1. The van der Waals surface area contributed by atoms with Gasteiger partial charge in [-0.25, -0.2) is 13.8 Å². The smallest absolute Gasteiger partial charge is 0.206 e. The molecule has 0 aliphatic carbocycles. The van der Waals surface area contributed by atoms with Crippen molar-refractivity contribution in [1.82, 2.24) is 19.3 Å². The van der Waals surface area contributed by atoms with Gasteiger partial charge in [0, 0.05) is 13.2 Å². The van der Waals surface area contributed by atoms with Crippen LogP contribution >= 0.6 is 0 Å². The van der Waals surface area contributed by atoms with E-state index in [2.05, 4.69) is 10.1 Å². The highest BCUT2D eigenvalue weighted by Gasteiger charge is 2.20. The van der Waals surface area contributed by atoms with Gasteiger partial charge < -0.3 is 5.73 Å². The molecule has 5 nitrogen and oxygen atoms in total. The molecular weight excluding hydrogens is 264 g/mol. The number of fused-ring (bicyclic) bond motifs is 1. The van der Waals surface area contributed by atoms with Gasteiger partial charge in [0.25, 0.3) is 0 Å². The number of nitrogens with two attached hydrogens (primary N) is 1. The Morgan fingerprint density at radius 3 is 2.75 bits per heavy atom. The zero-order valence-corrected chi connectivity index (χ0v) is 11.1. The molecular formula is C13H13F2N5. The van der Waals surface area contributed by atoms with Crippen molar-refractivity contribution >= 4 is 17.0 Å². The summed E-state index contributed by atoms with van der Waals surface area (Å²) in [6.07, 6.45) is 2.35. The first-order chi connectivity index (χ1) is 9.52. The van der Waals surface area contributed by atoms with Crippen LogP contribution < -0.4 is 5.73 Å². The molecule has 0 bridgehead atoms. The van der Waals surface area contributed by atoms with Crippen molar-refractivity contribution in [3.8, 4) is 5.69 Å². The number of aromatic nitrogens is 4. The Bertz CT molecular complexity index is 803. The summed E-state index contributed by atoms with van der Waals surface area (Å²) in [5.74, 6) is -1.79. The third-order valence-electron chi connectivity index (χ3n) is 3.19. The summed E-state index contributed by atoms with van der Waals surface area (Å²) in [7, 11) is 1.76. The standard InChI is InChI=1S/C13H13F2N5/c1-3-8-10(6-19(2)18-8)20-12-9(17-13(20)16)5-4-7(14)11(12)15/h4-6H,3H2,1-2H3,(H2,16,17). The fourth-order valence-corrected chi connectivity index (χ4v) is 2.33. The quantitative estimate of drug-likeness (QED) is 0.781. The first-order valence-corrected chi connectivity index (χ1v) is 6.17. The van der Waals surface area contributed by atoms with Crippen LogP contribution in [0.5, 0.6) is 0 Å². The van der Waals surface area contributed by atoms with Crippen LogP contribution in [0.4, 0.5) is 14.7 Å². The molecule has 0 saturated heterocycles. The Kier molecular flexibility index (Phi) is 2.70. The number of nitrogen functional groups attached to an aromatic ring is 1. The van der Waals surface area contributed by atoms with Gasteiger partial charge in [0.2, 0.25) is 5.95 Å². The summed E-state index contributed by atoms with van der Waals surface area (Å²) in [4.78, 5) is 4.07. The highest BCUT2D eigenvalue weighted by atomic mass is 19.2. The average molecular weight is 277 g/mol. The van der Waals surface area contributed by atoms with Crippen LogP contribution in [0, 0.1) is 11.6 Å². The minimum atomic E-state index is -0.961. The van der Waals surface area contributed by atoms with Crippen molar-refractivity contribution in [3.05, 3.63) is 35.7 Å². The third-order valence-corrected chi connectivity index (χ3v) is 3.19. The number of halogens is 2. The normalized spacial score (nSPS) is 11.4. The van der Waals surface area contributed by atoms with E-state index in [-0.39, 0.29) is 11.5 Å². The van der Waals surface area contributed by atoms with Gasteiger partial charge in [-0.15, -0.1) is 0 Å². The molecule has 0 aliphatic heterocycles. The van der Waals surface area contributed by atoms with Crippen LogP contribution in [0.3, 0.4) is 0 Å². The van der Waals surface area contributed by atoms with Crippen LogP contribution in [-0.2, 0) is 13.5 Å². The molecule has 0 saturated carbocycles. The maximum atomic E-state index is 14.1. The molecule has 0 amide bonds. The number of imidazole rings is 1. The van der Waals surface area contributed by atoms with Crippen molar-refractivity contribution in [2.24, 2.45) is 7.05 Å². The maximum absolute atomic E-state index is 14.1. The molecule has 1 aromatic carbocycles. The summed E-state index contributed by atoms with van der Waals surface area (Å²) < 4.78 is 30.6. The third kappa shape index (κ3) is 1.66. The molecule has 0 aliphatic rings. The molecule has 2 heterocycles. The number of hydrogen-bond donors (Lipinski definition) is 1. The summed E-state index contributed by atoms with van der Waals surface area (Å²) in [6.45, 7) is 1.93. The molecule has 3 aromatic rings. The molecule has 20 heavy (non-hydrogen) atoms. The molecule has 2 aromatic heterocycles. The molecule has 0 radical (unpaired) electrons. The molecule has 0 unspecified atom stereocenters. The Hall–Kier alpha value is -2.44. The van der Waals surface area contributed by atoms with Crippen LogP contribution in [-0.4, -0.2) is 19.3 Å². The maximum Gasteiger partial charge on any atom is 0.206 e. The largest absolute Gasteiger partial charge is 0.369 e. The zero-order valence-electron chi connectivity index (χ0n) is 11.1. The van der Waals surface area contributed by atoms with E-state index < -0.39 is 11.6 Å². The van der Waals surface area contributed by atoms with Gasteiger partial charge in [-0.3, -0.25) is 9.25 Å². The van der Waals surface area contributed by atoms with Crippen LogP contribution in [0.25, 0.3) is 16.7 Å². The van der Waals surface area contributed by atoms with Gasteiger partial charge in [-0.1, -0.05) is 6.92 Å². The van der Waals surface area contributed by atoms with E-state index in [9.17, 15) is 8.78 Å². The Morgan fingerprint density at radius 2 is 2.05 bits per heavy atom. The van der Waals surface area contributed by atoms with Gasteiger partial charge in [0.15, 0.2) is 11.6 Å². The van der Waals surface area contributed by atoms with E-state index >= 15 is 0 Å². The van der Waals surface area contributed by atoms with Gasteiger partial charge >= 0.3 is 0 Å². The predicted molar refractivity (Wildman–Crippen MR) is 71.5 cm³/mol. The second kappa shape index (κ2) is 4.29. The Balaban J connectivity index is 2.41. The molecule has 0 spiro atoms. The summed E-state index contributed by atoms with van der Waals surface area (Å²) in [5.41, 5.74) is 7.56. The monoisotopic (exact) mass is 277 g/mol. The first-order valence-electron chi connectivity index (χ1n) is 6.17. The molecule has 2 N–H and O–H groups in total. The summed E-state index contributed by atoms with van der Waals surface area (Å²) in [6, 6.07) is 2.45. The molecule has 0 atom stereocenters. The summed E-state index contributed by atoms with van der Waals surface area (Å²) >= 11 is 0. The lowest BCUT2D eigenvalue weighted by atomic mass is 10.2. The molecule has 7 heteroatoms. The Labute approximate surface area is 113 Å². The van der Waals surface area contributed by atoms with Crippen molar-refractivity contribution in [3.63, 3.8) is 0 Å². The van der Waals surface area contributed by atoms with E-state index in [1.165, 1.54) is 10.6 Å². The fourth-order valence-electron chi connectivity index (χ4n) is 2.33. The molecule has 3 rings (SSSR count). The van der Waals surface area contributed by atoms with E-state index in [0.717, 1.165) is 11.8 Å². The highest BCUT2D eigenvalue weighted by molar-refractivity contribution is 5.81. The number of anilines is 1. The SMILES string of the molecule is CCc1nn(C)cc1-n1c(N)nc2ccc(F)c(F)c21. The predicted octanol–water partition coefficient (Wildman–Crippen LogP) is 2.18. The van der Waals surface area contributed by atoms with Gasteiger partial charge in [0.1, 0.15) is 5.52 Å². The van der Waals surface area contributed by atoms with Gasteiger partial charge in [-0.2, -0.15) is 5.10 Å². The van der Waals surface area contributed by atoms with E-state index in [1.807, 2.05) is 6.92 Å². The number of hydrogen-bond acceptors (Lipinski definition) is 3. The molecule has 0 fully saturated rings. The second-order valence-corrected chi connectivity index (χ2v) is 4.52. The number of aryl methyl sites for hydroxylation is 2. The van der Waals surface area contributed by atoms with E-state index in [1.54, 1.807) is 17.9 Å². The number of nitrogens with zero attached hydrogens (tertiary/aromatic N) is 4. The lowest BCUT2D eigenvalue weighted by Crippen LogP contribution is -2.03. The topological polar surface area (TPSA) is 61.7 Å². The zero-order chi connectivity index (χ0) is 14.4. The lowest BCUT2D eigenvalue weighted by Gasteiger charge is -2.06. The van der Waals surface area contributed by atoms with E-state index in [0.29, 0.717) is 17.6 Å². The number of rotatable bonds is 2. The summed E-state index contributed by atoms with van der Waals surface area (Å²) in [5, 5.41) is 4.28. The minimum Gasteiger partial charge on any atom is -0.369 e. The van der Waals surface area contributed by atoms with Crippen LogP contribution in [0.1, 0.15) is 12.6 Å². The van der Waals surface area contributed by atoms with Crippen LogP contribution in [0.15, 0.2) is 18.3 Å². The minimum absolute atomic E-state index is 0.0326. The molecule has 104 valence electrons. The average Bonchev–Trinajstić information content (AvgIpc) is 2.93. The van der Waals surface area contributed by atoms with Crippen molar-refractivity contribution < 1.29 is 8.78 Å². The van der Waals surface area contributed by atoms with Crippen molar-refractivity contribution in [2.75, 3.05) is 5.73 Å². The lowest BCUT2D eigenvalue weighted by molar-refractivity contribution is 0.514. The second-order valence-electron chi connectivity index (χ2n) is 4.52. The van der Waals surface area contributed by atoms with Crippen molar-refractivity contribution in [2.45, 2.75) is 13.3 Å². The highest BCUT2D eigenvalue weighted by Crippen LogP contribution is 2.28. The van der Waals surface area contributed by atoms with Gasteiger partial charge in [0.05, 0.1) is 16.9 Å². The van der Waals surface area contributed by atoms with E-state index in [4.69, 9.17) is 5.73 Å².